The molecule has 4 rings (SSSR count). The summed E-state index contributed by atoms with van der Waals surface area (Å²) in [5.41, 5.74) is 2.87. The Hall–Kier alpha value is -3.45. The molecule has 0 saturated carbocycles. The minimum absolute atomic E-state index is 0.449. The zero-order chi connectivity index (χ0) is 24.0. The Morgan fingerprint density at radius 3 is 1.79 bits per heavy atom. The quantitative estimate of drug-likeness (QED) is 0.408. The van der Waals surface area contributed by atoms with E-state index in [-0.39, 0.29) is 0 Å². The van der Waals surface area contributed by atoms with Gasteiger partial charge in [0.2, 0.25) is 0 Å². The Bertz CT molecular complexity index is 1040. The first kappa shape index (κ1) is 23.7. The van der Waals surface area contributed by atoms with Crippen molar-refractivity contribution in [1.82, 2.24) is 4.90 Å². The van der Waals surface area contributed by atoms with E-state index >= 15 is 0 Å². The van der Waals surface area contributed by atoms with Gasteiger partial charge in [0.05, 0.1) is 6.04 Å². The number of rotatable bonds is 9. The van der Waals surface area contributed by atoms with Crippen molar-refractivity contribution >= 4 is 12.2 Å². The third kappa shape index (κ3) is 4.61. The smallest absolute Gasteiger partial charge is 0.389 e. The predicted octanol–water partition coefficient (Wildman–Crippen LogP) is 5.27. The van der Waals surface area contributed by atoms with Crippen LogP contribution in [-0.4, -0.2) is 50.4 Å². The van der Waals surface area contributed by atoms with Gasteiger partial charge in [-0.3, -0.25) is 4.90 Å². The van der Waals surface area contributed by atoms with E-state index in [1.165, 1.54) is 14.2 Å². The maximum absolute atomic E-state index is 13.5. The zero-order valence-electron chi connectivity index (χ0n) is 19.5. The van der Waals surface area contributed by atoms with Crippen molar-refractivity contribution in [2.75, 3.05) is 21.3 Å². The van der Waals surface area contributed by atoms with Crippen LogP contribution in [0.25, 0.3) is 6.08 Å². The highest BCUT2D eigenvalue weighted by Crippen LogP contribution is 2.42. The summed E-state index contributed by atoms with van der Waals surface area (Å²) in [5, 5.41) is 0. The van der Waals surface area contributed by atoms with Gasteiger partial charge < -0.3 is 18.9 Å². The number of hydrogen-bond donors (Lipinski definition) is 0. The Labute approximate surface area is 200 Å². The Balaban J connectivity index is 1.83. The topological polar surface area (TPSA) is 57.2 Å². The fourth-order valence-electron chi connectivity index (χ4n) is 4.42. The summed E-state index contributed by atoms with van der Waals surface area (Å²) in [5.74, 6) is -1.65. The maximum atomic E-state index is 13.5. The number of benzene rings is 3. The van der Waals surface area contributed by atoms with Crippen LogP contribution in [0.15, 0.2) is 97.1 Å². The van der Waals surface area contributed by atoms with E-state index < -0.39 is 30.3 Å². The normalized spacial score (nSPS) is 18.4. The van der Waals surface area contributed by atoms with E-state index in [2.05, 4.69) is 0 Å². The van der Waals surface area contributed by atoms with Gasteiger partial charge in [-0.15, -0.1) is 0 Å². The summed E-state index contributed by atoms with van der Waals surface area (Å²) in [6, 6.07) is 28.3. The van der Waals surface area contributed by atoms with Crippen LogP contribution in [0.2, 0.25) is 0 Å². The Morgan fingerprint density at radius 2 is 1.32 bits per heavy atom. The van der Waals surface area contributed by atoms with Crippen LogP contribution in [0.1, 0.15) is 22.7 Å². The molecule has 2 unspecified atom stereocenters. The molecule has 1 fully saturated rings. The molecule has 6 nitrogen and oxygen atoms in total. The lowest BCUT2D eigenvalue weighted by atomic mass is 9.94. The largest absolute Gasteiger partial charge is 0.415 e. The molecule has 0 N–H and O–H groups in total. The molecule has 0 aliphatic carbocycles. The molecule has 3 aromatic carbocycles. The average molecular weight is 460 g/mol. The molecule has 6 heteroatoms. The molecule has 0 bridgehead atoms. The van der Waals surface area contributed by atoms with E-state index in [1.807, 2.05) is 103 Å². The van der Waals surface area contributed by atoms with Crippen molar-refractivity contribution in [3.63, 3.8) is 0 Å². The first-order chi connectivity index (χ1) is 16.6. The van der Waals surface area contributed by atoms with E-state index in [0.717, 1.165) is 16.7 Å². The van der Waals surface area contributed by atoms with Crippen LogP contribution in [0.4, 0.5) is 4.79 Å². The van der Waals surface area contributed by atoms with Gasteiger partial charge >= 0.3 is 12.1 Å². The van der Waals surface area contributed by atoms with Gasteiger partial charge in [0.1, 0.15) is 6.10 Å². The number of carbonyl (C=O) groups excluding carboxylic acids is 1. The van der Waals surface area contributed by atoms with Gasteiger partial charge in [-0.1, -0.05) is 103 Å². The summed E-state index contributed by atoms with van der Waals surface area (Å²) in [6.45, 7) is 0. The second-order valence-electron chi connectivity index (χ2n) is 7.93. The van der Waals surface area contributed by atoms with Crippen molar-refractivity contribution in [2.45, 2.75) is 24.2 Å². The molecule has 0 spiro atoms. The van der Waals surface area contributed by atoms with Crippen molar-refractivity contribution in [3.05, 3.63) is 114 Å². The molecule has 1 amide bonds. The monoisotopic (exact) mass is 459 g/mol. The SMILES string of the molecule is COC(/C=C/c1ccccc1)C1N(C(c2ccccc2)c2ccccc2)C(=O)OC1(OC)OC. The van der Waals surface area contributed by atoms with Crippen LogP contribution >= 0.6 is 0 Å². The summed E-state index contributed by atoms with van der Waals surface area (Å²) in [6.07, 6.45) is 2.70. The third-order valence-corrected chi connectivity index (χ3v) is 6.04. The number of cyclic esters (lactones) is 1. The fraction of sp³-hybridized carbons (Fsp3) is 0.250. The van der Waals surface area contributed by atoms with Crippen LogP contribution in [0.5, 0.6) is 0 Å². The van der Waals surface area contributed by atoms with Crippen LogP contribution in [-0.2, 0) is 18.9 Å². The highest BCUT2D eigenvalue weighted by atomic mass is 16.9. The van der Waals surface area contributed by atoms with Crippen molar-refractivity contribution in [2.24, 2.45) is 0 Å². The highest BCUT2D eigenvalue weighted by Gasteiger charge is 2.61. The van der Waals surface area contributed by atoms with Gasteiger partial charge in [-0.25, -0.2) is 4.79 Å². The molecule has 1 aliphatic rings. The third-order valence-electron chi connectivity index (χ3n) is 6.04. The van der Waals surface area contributed by atoms with Crippen LogP contribution in [0, 0.1) is 0 Å². The number of nitrogens with zero attached hydrogens (tertiary/aromatic N) is 1. The van der Waals surface area contributed by atoms with Crippen molar-refractivity contribution in [3.8, 4) is 0 Å². The first-order valence-corrected chi connectivity index (χ1v) is 11.1. The molecule has 0 radical (unpaired) electrons. The molecule has 1 saturated heterocycles. The van der Waals surface area contributed by atoms with Gasteiger partial charge in [0, 0.05) is 21.3 Å². The van der Waals surface area contributed by atoms with Crippen molar-refractivity contribution in [1.29, 1.82) is 0 Å². The minimum atomic E-state index is -1.65. The average Bonchev–Trinajstić information content (AvgIpc) is 3.19. The molecule has 176 valence electrons. The molecule has 1 heterocycles. The summed E-state index contributed by atoms with van der Waals surface area (Å²) in [7, 11) is 4.51. The van der Waals surface area contributed by atoms with Crippen LogP contribution in [0.3, 0.4) is 0 Å². The highest BCUT2D eigenvalue weighted by molar-refractivity contribution is 5.73. The summed E-state index contributed by atoms with van der Waals surface area (Å²) < 4.78 is 23.0. The number of hydrogen-bond acceptors (Lipinski definition) is 5. The summed E-state index contributed by atoms with van der Waals surface area (Å²) in [4.78, 5) is 15.1. The van der Waals surface area contributed by atoms with E-state index in [4.69, 9.17) is 18.9 Å². The van der Waals surface area contributed by atoms with Gasteiger partial charge in [0.15, 0.2) is 6.04 Å². The predicted molar refractivity (Wildman–Crippen MR) is 130 cm³/mol. The number of methoxy groups -OCH3 is 3. The molecule has 34 heavy (non-hydrogen) atoms. The molecule has 2 atom stereocenters. The summed E-state index contributed by atoms with van der Waals surface area (Å²) >= 11 is 0. The number of amides is 1. The molecular weight excluding hydrogens is 430 g/mol. The van der Waals surface area contributed by atoms with E-state index in [1.54, 1.807) is 12.0 Å². The van der Waals surface area contributed by atoms with Crippen LogP contribution < -0.4 is 0 Å². The standard InChI is InChI=1S/C28H29NO5/c1-31-24(20-19-21-13-7-4-8-14-21)26-28(32-2,33-3)34-27(30)29(26)25(22-15-9-5-10-16-22)23-17-11-6-12-18-23/h4-20,24-26H,1-3H3/b20-19+. The molecule has 1 aliphatic heterocycles. The lowest BCUT2D eigenvalue weighted by Gasteiger charge is -2.38. The maximum Gasteiger partial charge on any atom is 0.415 e. The minimum Gasteiger partial charge on any atom is -0.389 e. The fourth-order valence-corrected chi connectivity index (χ4v) is 4.42. The van der Waals surface area contributed by atoms with Crippen molar-refractivity contribution < 1.29 is 23.7 Å². The second-order valence-corrected chi connectivity index (χ2v) is 7.93. The van der Waals surface area contributed by atoms with E-state index in [9.17, 15) is 4.79 Å². The first-order valence-electron chi connectivity index (χ1n) is 11.1. The second kappa shape index (κ2) is 10.7. The number of ether oxygens (including phenoxy) is 4. The Morgan fingerprint density at radius 1 is 0.824 bits per heavy atom. The van der Waals surface area contributed by atoms with Gasteiger partial charge in [0.25, 0.3) is 0 Å². The number of carbonyl (C=O) groups is 1. The Kier molecular flexibility index (Phi) is 7.43. The lowest BCUT2D eigenvalue weighted by molar-refractivity contribution is -0.340. The molecule has 0 aromatic heterocycles. The van der Waals surface area contributed by atoms with E-state index in [0.29, 0.717) is 0 Å². The molecule has 3 aromatic rings. The molecular formula is C28H29NO5. The van der Waals surface area contributed by atoms with Gasteiger partial charge in [-0.2, -0.15) is 0 Å². The van der Waals surface area contributed by atoms with Gasteiger partial charge in [-0.05, 0) is 16.7 Å². The lowest BCUT2D eigenvalue weighted by Crippen LogP contribution is -2.55. The zero-order valence-corrected chi connectivity index (χ0v) is 19.5.